The zero-order chi connectivity index (χ0) is 11.5. The second-order valence-corrected chi connectivity index (χ2v) is 4.67. The second-order valence-electron chi connectivity index (χ2n) is 2.73. The fourth-order valence-corrected chi connectivity index (χ4v) is 2.10. The third-order valence-corrected chi connectivity index (χ3v) is 3.02. The molecule has 0 spiro atoms. The molecule has 0 atom stereocenters. The van der Waals surface area contributed by atoms with E-state index in [0.717, 1.165) is 0 Å². The molecule has 1 aromatic carbocycles. The van der Waals surface area contributed by atoms with E-state index in [4.69, 9.17) is 16.7 Å². The van der Waals surface area contributed by atoms with Gasteiger partial charge in [0.15, 0.2) is 0 Å². The van der Waals surface area contributed by atoms with Gasteiger partial charge in [-0.05, 0) is 23.8 Å². The number of nitrogens with two attached hydrogens (primary N) is 1. The van der Waals surface area contributed by atoms with Crippen molar-refractivity contribution in [3.8, 4) is 0 Å². The highest BCUT2D eigenvalue weighted by Gasteiger charge is 2.12. The number of hydrogen-bond donors (Lipinski definition) is 1. The molecule has 80 valence electrons. The van der Waals surface area contributed by atoms with Gasteiger partial charge in [-0.2, -0.15) is 0 Å². The number of hydrogen-bond acceptors (Lipinski definition) is 3. The van der Waals surface area contributed by atoms with E-state index in [1.165, 1.54) is 30.4 Å². The van der Waals surface area contributed by atoms with Crippen molar-refractivity contribution in [2.24, 2.45) is 5.14 Å². The van der Waals surface area contributed by atoms with Gasteiger partial charge in [-0.15, -0.1) is 0 Å². The van der Waals surface area contributed by atoms with Gasteiger partial charge in [-0.1, -0.05) is 23.7 Å². The lowest BCUT2D eigenvalue weighted by Crippen LogP contribution is -2.12. The molecule has 0 fully saturated rings. The summed E-state index contributed by atoms with van der Waals surface area (Å²) in [5, 5.41) is 4.95. The Morgan fingerprint density at radius 2 is 2.00 bits per heavy atom. The minimum Gasteiger partial charge on any atom is -0.299 e. The molecule has 6 heteroatoms. The molecule has 0 aromatic heterocycles. The molecule has 0 bridgehead atoms. The number of sulfonamides is 1. The highest BCUT2D eigenvalue weighted by Crippen LogP contribution is 2.21. The molecule has 0 radical (unpaired) electrons. The number of halogens is 1. The van der Waals surface area contributed by atoms with Crippen LogP contribution in [-0.2, 0) is 14.8 Å². The summed E-state index contributed by atoms with van der Waals surface area (Å²) in [7, 11) is -3.80. The van der Waals surface area contributed by atoms with Gasteiger partial charge in [0.25, 0.3) is 0 Å². The minimum absolute atomic E-state index is 0.0329. The molecule has 4 nitrogen and oxygen atoms in total. The minimum atomic E-state index is -3.80. The van der Waals surface area contributed by atoms with Crippen LogP contribution in [0.5, 0.6) is 0 Å². The Morgan fingerprint density at radius 1 is 1.33 bits per heavy atom. The van der Waals surface area contributed by atoms with E-state index < -0.39 is 10.0 Å². The van der Waals surface area contributed by atoms with Crippen LogP contribution >= 0.6 is 11.6 Å². The second kappa shape index (κ2) is 4.57. The molecule has 0 unspecified atom stereocenters. The normalized spacial score (nSPS) is 11.9. The maximum absolute atomic E-state index is 11.0. The lowest BCUT2D eigenvalue weighted by Gasteiger charge is -2.01. The van der Waals surface area contributed by atoms with E-state index in [2.05, 4.69) is 0 Å². The van der Waals surface area contributed by atoms with Crippen molar-refractivity contribution in [2.45, 2.75) is 4.90 Å². The molecule has 0 aliphatic carbocycles. The molecule has 0 amide bonds. The van der Waals surface area contributed by atoms with Crippen molar-refractivity contribution in [3.05, 3.63) is 34.9 Å². The Labute approximate surface area is 92.4 Å². The molecular weight excluding hydrogens is 238 g/mol. The fraction of sp³-hybridized carbons (Fsp3) is 0. The van der Waals surface area contributed by atoms with Crippen molar-refractivity contribution >= 4 is 34.0 Å². The number of rotatable bonds is 3. The quantitative estimate of drug-likeness (QED) is 0.642. The Hall–Kier alpha value is -1.17. The summed E-state index contributed by atoms with van der Waals surface area (Å²) in [4.78, 5) is 9.92. The molecule has 0 aliphatic rings. The van der Waals surface area contributed by atoms with E-state index in [-0.39, 0.29) is 9.92 Å². The standard InChI is InChI=1S/C9H8ClNO3S/c10-8-6-7(2-1-5-12)3-4-9(8)15(11,13)14/h1-6H,(H2,11,13,14). The molecule has 2 N–H and O–H groups in total. The van der Waals surface area contributed by atoms with Crippen LogP contribution in [0.4, 0.5) is 0 Å². The van der Waals surface area contributed by atoms with Crippen LogP contribution in [0.2, 0.25) is 5.02 Å². The summed E-state index contributed by atoms with van der Waals surface area (Å²) >= 11 is 5.71. The van der Waals surface area contributed by atoms with Crippen molar-refractivity contribution in [1.82, 2.24) is 0 Å². The van der Waals surface area contributed by atoms with Crippen LogP contribution in [0.1, 0.15) is 5.56 Å². The Balaban J connectivity index is 3.20. The van der Waals surface area contributed by atoms with Crippen molar-refractivity contribution in [1.29, 1.82) is 0 Å². The monoisotopic (exact) mass is 245 g/mol. The van der Waals surface area contributed by atoms with Crippen LogP contribution in [0.3, 0.4) is 0 Å². The van der Waals surface area contributed by atoms with Crippen molar-refractivity contribution < 1.29 is 13.2 Å². The number of carbonyl (C=O) groups is 1. The topological polar surface area (TPSA) is 77.2 Å². The van der Waals surface area contributed by atoms with Crippen LogP contribution in [-0.4, -0.2) is 14.7 Å². The van der Waals surface area contributed by atoms with Crippen LogP contribution in [0, 0.1) is 0 Å². The SMILES string of the molecule is NS(=O)(=O)c1ccc(C=CC=O)cc1Cl. The fourth-order valence-electron chi connectivity index (χ4n) is 1.00. The first-order valence-corrected chi connectivity index (χ1v) is 5.82. The Morgan fingerprint density at radius 3 is 2.47 bits per heavy atom. The van der Waals surface area contributed by atoms with Gasteiger partial charge in [-0.3, -0.25) is 4.79 Å². The summed E-state index contributed by atoms with van der Waals surface area (Å²) in [6, 6.07) is 4.22. The summed E-state index contributed by atoms with van der Waals surface area (Å²) < 4.78 is 22.0. The summed E-state index contributed by atoms with van der Waals surface area (Å²) in [6.07, 6.45) is 3.40. The maximum atomic E-state index is 11.0. The number of primary sulfonamides is 1. The summed E-state index contributed by atoms with van der Waals surface area (Å²) in [5.74, 6) is 0. The lowest BCUT2D eigenvalue weighted by atomic mass is 10.2. The van der Waals surface area contributed by atoms with E-state index in [9.17, 15) is 13.2 Å². The molecule has 0 saturated heterocycles. The van der Waals surface area contributed by atoms with Gasteiger partial charge in [0.1, 0.15) is 11.2 Å². The summed E-state index contributed by atoms with van der Waals surface area (Å²) in [5.41, 5.74) is 0.625. The highest BCUT2D eigenvalue weighted by molar-refractivity contribution is 7.89. The molecule has 0 aliphatic heterocycles. The van der Waals surface area contributed by atoms with Crippen LogP contribution < -0.4 is 5.14 Å². The highest BCUT2D eigenvalue weighted by atomic mass is 35.5. The zero-order valence-electron chi connectivity index (χ0n) is 7.55. The molecule has 1 rings (SSSR count). The van der Waals surface area contributed by atoms with Gasteiger partial charge in [0.2, 0.25) is 10.0 Å². The Kier molecular flexibility index (Phi) is 3.62. The van der Waals surface area contributed by atoms with E-state index >= 15 is 0 Å². The van der Waals surface area contributed by atoms with E-state index in [1.807, 2.05) is 0 Å². The zero-order valence-corrected chi connectivity index (χ0v) is 9.12. The lowest BCUT2D eigenvalue weighted by molar-refractivity contribution is -0.104. The predicted octanol–water partition coefficient (Wildman–Crippen LogP) is 1.20. The average Bonchev–Trinajstić information content (AvgIpc) is 2.12. The number of benzene rings is 1. The van der Waals surface area contributed by atoms with Gasteiger partial charge in [0.05, 0.1) is 5.02 Å². The molecular formula is C9H8ClNO3S. The van der Waals surface area contributed by atoms with Gasteiger partial charge in [-0.25, -0.2) is 13.6 Å². The maximum Gasteiger partial charge on any atom is 0.239 e. The largest absolute Gasteiger partial charge is 0.299 e. The van der Waals surface area contributed by atoms with Crippen LogP contribution in [0.25, 0.3) is 6.08 Å². The van der Waals surface area contributed by atoms with Crippen molar-refractivity contribution in [2.75, 3.05) is 0 Å². The third-order valence-electron chi connectivity index (χ3n) is 1.63. The van der Waals surface area contributed by atoms with E-state index in [1.54, 1.807) is 0 Å². The third kappa shape index (κ3) is 3.16. The number of carbonyl (C=O) groups excluding carboxylic acids is 1. The number of aldehydes is 1. The first-order chi connectivity index (χ1) is 6.95. The predicted molar refractivity (Wildman–Crippen MR) is 57.9 cm³/mol. The smallest absolute Gasteiger partial charge is 0.239 e. The molecule has 1 aromatic rings. The van der Waals surface area contributed by atoms with Gasteiger partial charge < -0.3 is 0 Å². The first-order valence-electron chi connectivity index (χ1n) is 3.89. The van der Waals surface area contributed by atoms with Crippen molar-refractivity contribution in [3.63, 3.8) is 0 Å². The summed E-state index contributed by atoms with van der Waals surface area (Å²) in [6.45, 7) is 0. The molecule has 0 saturated carbocycles. The van der Waals surface area contributed by atoms with Gasteiger partial charge in [0, 0.05) is 0 Å². The van der Waals surface area contributed by atoms with Crippen LogP contribution in [0.15, 0.2) is 29.2 Å². The molecule has 0 heterocycles. The van der Waals surface area contributed by atoms with E-state index in [0.29, 0.717) is 11.8 Å². The average molecular weight is 246 g/mol. The number of allylic oxidation sites excluding steroid dienone is 1. The Bertz CT molecular complexity index is 508. The molecule has 15 heavy (non-hydrogen) atoms. The first kappa shape index (κ1) is 11.9. The van der Waals surface area contributed by atoms with Gasteiger partial charge >= 0.3 is 0 Å².